The molecule has 0 unspecified atom stereocenters. The maximum absolute atomic E-state index is 8.82. The molecule has 0 heterocycles. The molecule has 1 N–H and O–H groups in total. The molecular formula is C17H18N2O2. The average molecular weight is 282 g/mol. The maximum Gasteiger partial charge on any atom is 0.142 e. The lowest BCUT2D eigenvalue weighted by molar-refractivity contribution is 0.332. The van der Waals surface area contributed by atoms with E-state index in [0.29, 0.717) is 18.8 Å². The van der Waals surface area contributed by atoms with Crippen LogP contribution in [0.15, 0.2) is 42.5 Å². The summed E-state index contributed by atoms with van der Waals surface area (Å²) in [5, 5.41) is 12.1. The van der Waals surface area contributed by atoms with E-state index in [4.69, 9.17) is 14.7 Å². The Labute approximate surface area is 124 Å². The normalized spacial score (nSPS) is 9.76. The van der Waals surface area contributed by atoms with Crippen molar-refractivity contribution in [1.29, 1.82) is 5.26 Å². The molecule has 0 aliphatic heterocycles. The fourth-order valence-corrected chi connectivity index (χ4v) is 1.93. The van der Waals surface area contributed by atoms with Gasteiger partial charge < -0.3 is 14.8 Å². The molecule has 21 heavy (non-hydrogen) atoms. The van der Waals surface area contributed by atoms with Gasteiger partial charge in [-0.2, -0.15) is 5.26 Å². The second-order valence-electron chi connectivity index (χ2n) is 4.34. The Bertz CT molecular complexity index is 630. The highest BCUT2D eigenvalue weighted by atomic mass is 16.5. The van der Waals surface area contributed by atoms with Gasteiger partial charge in [0.15, 0.2) is 0 Å². The van der Waals surface area contributed by atoms with Crippen molar-refractivity contribution in [3.05, 3.63) is 48.0 Å². The number of nitrogens with one attached hydrogen (secondary N) is 1. The van der Waals surface area contributed by atoms with Crippen LogP contribution in [-0.2, 0) is 0 Å². The standard InChI is InChI=1S/C17H18N2O2/c1-3-20-15-9-10-17(21-4-2)16(11-15)19-14-7-5-13(12-18)6-8-14/h5-11,19H,3-4H2,1-2H3. The van der Waals surface area contributed by atoms with Gasteiger partial charge in [0.1, 0.15) is 11.5 Å². The highest BCUT2D eigenvalue weighted by Gasteiger charge is 2.06. The van der Waals surface area contributed by atoms with Crippen LogP contribution in [-0.4, -0.2) is 13.2 Å². The van der Waals surface area contributed by atoms with Crippen LogP contribution in [0.4, 0.5) is 11.4 Å². The fraction of sp³-hybridized carbons (Fsp3) is 0.235. The lowest BCUT2D eigenvalue weighted by Crippen LogP contribution is -1.99. The first kappa shape index (κ1) is 14.7. The highest BCUT2D eigenvalue weighted by molar-refractivity contribution is 5.68. The van der Waals surface area contributed by atoms with Gasteiger partial charge in [-0.1, -0.05) is 0 Å². The average Bonchev–Trinajstić information content (AvgIpc) is 2.51. The predicted octanol–water partition coefficient (Wildman–Crippen LogP) is 4.10. The van der Waals surface area contributed by atoms with Gasteiger partial charge in [0, 0.05) is 11.8 Å². The van der Waals surface area contributed by atoms with Crippen LogP contribution in [0, 0.1) is 11.3 Å². The molecule has 0 saturated heterocycles. The summed E-state index contributed by atoms with van der Waals surface area (Å²) < 4.78 is 11.1. The molecule has 0 bridgehead atoms. The lowest BCUT2D eigenvalue weighted by atomic mass is 10.2. The van der Waals surface area contributed by atoms with Crippen molar-refractivity contribution < 1.29 is 9.47 Å². The SMILES string of the molecule is CCOc1ccc(OCC)c(Nc2ccc(C#N)cc2)c1. The van der Waals surface area contributed by atoms with Crippen LogP contribution < -0.4 is 14.8 Å². The molecule has 2 aromatic rings. The number of ether oxygens (including phenoxy) is 2. The smallest absolute Gasteiger partial charge is 0.142 e. The van der Waals surface area contributed by atoms with Crippen molar-refractivity contribution >= 4 is 11.4 Å². The summed E-state index contributed by atoms with van der Waals surface area (Å²) in [5.41, 5.74) is 2.37. The molecule has 0 fully saturated rings. The summed E-state index contributed by atoms with van der Waals surface area (Å²) >= 11 is 0. The van der Waals surface area contributed by atoms with E-state index in [-0.39, 0.29) is 0 Å². The van der Waals surface area contributed by atoms with Crippen LogP contribution in [0.2, 0.25) is 0 Å². The number of rotatable bonds is 6. The van der Waals surface area contributed by atoms with Gasteiger partial charge in [0.2, 0.25) is 0 Å². The van der Waals surface area contributed by atoms with E-state index in [2.05, 4.69) is 11.4 Å². The second kappa shape index (κ2) is 7.20. The number of nitrogens with zero attached hydrogens (tertiary/aromatic N) is 1. The number of benzene rings is 2. The monoisotopic (exact) mass is 282 g/mol. The van der Waals surface area contributed by atoms with Gasteiger partial charge in [-0.05, 0) is 50.2 Å². The van der Waals surface area contributed by atoms with Gasteiger partial charge in [0.05, 0.1) is 30.5 Å². The zero-order valence-electron chi connectivity index (χ0n) is 12.2. The Morgan fingerprint density at radius 3 is 2.33 bits per heavy atom. The van der Waals surface area contributed by atoms with E-state index in [1.165, 1.54) is 0 Å². The topological polar surface area (TPSA) is 54.3 Å². The van der Waals surface area contributed by atoms with Gasteiger partial charge >= 0.3 is 0 Å². The van der Waals surface area contributed by atoms with Gasteiger partial charge in [-0.3, -0.25) is 0 Å². The minimum Gasteiger partial charge on any atom is -0.494 e. The van der Waals surface area contributed by atoms with Crippen molar-refractivity contribution in [2.24, 2.45) is 0 Å². The summed E-state index contributed by atoms with van der Waals surface area (Å²) in [6.07, 6.45) is 0. The molecule has 0 aliphatic carbocycles. The zero-order chi connectivity index (χ0) is 15.1. The first-order valence-corrected chi connectivity index (χ1v) is 6.93. The lowest BCUT2D eigenvalue weighted by Gasteiger charge is -2.14. The summed E-state index contributed by atoms with van der Waals surface area (Å²) in [6.45, 7) is 5.10. The van der Waals surface area contributed by atoms with Crippen LogP contribution in [0.25, 0.3) is 0 Å². The molecule has 2 rings (SSSR count). The van der Waals surface area contributed by atoms with E-state index in [0.717, 1.165) is 22.9 Å². The molecular weight excluding hydrogens is 264 g/mol. The zero-order valence-corrected chi connectivity index (χ0v) is 12.2. The third-order valence-corrected chi connectivity index (χ3v) is 2.85. The third-order valence-electron chi connectivity index (χ3n) is 2.85. The van der Waals surface area contributed by atoms with Gasteiger partial charge in [0.25, 0.3) is 0 Å². The summed E-state index contributed by atoms with van der Waals surface area (Å²) in [5.74, 6) is 1.56. The molecule has 0 radical (unpaired) electrons. The Morgan fingerprint density at radius 2 is 1.71 bits per heavy atom. The van der Waals surface area contributed by atoms with Crippen LogP contribution in [0.1, 0.15) is 19.4 Å². The summed E-state index contributed by atoms with van der Waals surface area (Å²) in [7, 11) is 0. The second-order valence-corrected chi connectivity index (χ2v) is 4.34. The Balaban J connectivity index is 2.26. The fourth-order valence-electron chi connectivity index (χ4n) is 1.93. The molecule has 0 atom stereocenters. The molecule has 108 valence electrons. The number of hydrogen-bond donors (Lipinski definition) is 1. The molecule has 0 amide bonds. The molecule has 2 aromatic carbocycles. The highest BCUT2D eigenvalue weighted by Crippen LogP contribution is 2.32. The molecule has 0 aliphatic rings. The van der Waals surface area contributed by atoms with Crippen LogP contribution in [0.3, 0.4) is 0 Å². The van der Waals surface area contributed by atoms with E-state index < -0.39 is 0 Å². The number of anilines is 2. The molecule has 0 saturated carbocycles. The Kier molecular flexibility index (Phi) is 5.05. The molecule has 0 aromatic heterocycles. The predicted molar refractivity (Wildman–Crippen MR) is 83.2 cm³/mol. The van der Waals surface area contributed by atoms with Crippen molar-refractivity contribution in [2.75, 3.05) is 18.5 Å². The Morgan fingerprint density at radius 1 is 1.00 bits per heavy atom. The first-order chi connectivity index (χ1) is 10.3. The van der Waals surface area contributed by atoms with Crippen LogP contribution >= 0.6 is 0 Å². The maximum atomic E-state index is 8.82. The van der Waals surface area contributed by atoms with Crippen molar-refractivity contribution in [3.8, 4) is 17.6 Å². The molecule has 0 spiro atoms. The van der Waals surface area contributed by atoms with E-state index >= 15 is 0 Å². The minimum absolute atomic E-state index is 0.593. The van der Waals surface area contributed by atoms with E-state index in [1.807, 2.05) is 44.2 Å². The molecule has 4 heteroatoms. The Hall–Kier alpha value is -2.67. The quantitative estimate of drug-likeness (QED) is 0.866. The number of nitriles is 1. The first-order valence-electron chi connectivity index (χ1n) is 6.93. The van der Waals surface area contributed by atoms with E-state index in [9.17, 15) is 0 Å². The largest absolute Gasteiger partial charge is 0.494 e. The third kappa shape index (κ3) is 3.90. The number of hydrogen-bond acceptors (Lipinski definition) is 4. The van der Waals surface area contributed by atoms with Gasteiger partial charge in [-0.15, -0.1) is 0 Å². The van der Waals surface area contributed by atoms with Crippen LogP contribution in [0.5, 0.6) is 11.5 Å². The van der Waals surface area contributed by atoms with Crippen molar-refractivity contribution in [1.82, 2.24) is 0 Å². The van der Waals surface area contributed by atoms with Crippen molar-refractivity contribution in [2.45, 2.75) is 13.8 Å². The van der Waals surface area contributed by atoms with Crippen molar-refractivity contribution in [3.63, 3.8) is 0 Å². The van der Waals surface area contributed by atoms with Gasteiger partial charge in [-0.25, -0.2) is 0 Å². The summed E-state index contributed by atoms with van der Waals surface area (Å²) in [4.78, 5) is 0. The van der Waals surface area contributed by atoms with E-state index in [1.54, 1.807) is 12.1 Å². The minimum atomic E-state index is 0.593. The summed E-state index contributed by atoms with van der Waals surface area (Å²) in [6, 6.07) is 15.1. The molecule has 4 nitrogen and oxygen atoms in total.